The van der Waals surface area contributed by atoms with E-state index in [9.17, 15) is 18.0 Å². The zero-order valence-electron chi connectivity index (χ0n) is 18.0. The van der Waals surface area contributed by atoms with Gasteiger partial charge in [-0.3, -0.25) is 9.59 Å². The minimum absolute atomic E-state index is 0.0205. The van der Waals surface area contributed by atoms with Gasteiger partial charge in [-0.25, -0.2) is 8.42 Å². The highest BCUT2D eigenvalue weighted by Crippen LogP contribution is 2.23. The summed E-state index contributed by atoms with van der Waals surface area (Å²) in [6, 6.07) is 18.2. The molecule has 0 atom stereocenters. The molecule has 1 N–H and O–H groups in total. The number of hydrogen-bond acceptors (Lipinski definition) is 4. The lowest BCUT2D eigenvalue weighted by atomic mass is 10.1. The van der Waals surface area contributed by atoms with Crippen LogP contribution in [0.5, 0.6) is 0 Å². The fourth-order valence-corrected chi connectivity index (χ4v) is 5.13. The van der Waals surface area contributed by atoms with Crippen LogP contribution in [0, 0.1) is 13.8 Å². The second-order valence-electron chi connectivity index (χ2n) is 7.85. The zero-order chi connectivity index (χ0) is 23.8. The lowest BCUT2D eigenvalue weighted by molar-refractivity contribution is -0.116. The maximum Gasteiger partial charge on any atom is 0.244 e. The van der Waals surface area contributed by atoms with Crippen LogP contribution >= 0.6 is 11.6 Å². The number of anilines is 1. The largest absolute Gasteiger partial charge is 0.336 e. The first-order chi connectivity index (χ1) is 15.6. The lowest BCUT2D eigenvalue weighted by Crippen LogP contribution is -2.24. The molecule has 6 nitrogen and oxygen atoms in total. The summed E-state index contributed by atoms with van der Waals surface area (Å²) < 4.78 is 28.1. The van der Waals surface area contributed by atoms with Gasteiger partial charge in [0.1, 0.15) is 11.4 Å². The Morgan fingerprint density at radius 2 is 1.67 bits per heavy atom. The van der Waals surface area contributed by atoms with Crippen molar-refractivity contribution >= 4 is 43.9 Å². The van der Waals surface area contributed by atoms with Crippen molar-refractivity contribution in [1.82, 2.24) is 4.57 Å². The number of nitrogens with one attached hydrogen (secondary N) is 1. The van der Waals surface area contributed by atoms with Crippen molar-refractivity contribution in [3.63, 3.8) is 0 Å². The van der Waals surface area contributed by atoms with E-state index in [4.69, 9.17) is 11.6 Å². The Bertz CT molecular complexity index is 1540. The van der Waals surface area contributed by atoms with Gasteiger partial charge in [-0.05, 0) is 56.3 Å². The molecule has 1 amide bonds. The van der Waals surface area contributed by atoms with E-state index in [2.05, 4.69) is 5.32 Å². The first-order valence-electron chi connectivity index (χ1n) is 10.2. The van der Waals surface area contributed by atoms with E-state index in [0.717, 1.165) is 11.1 Å². The summed E-state index contributed by atoms with van der Waals surface area (Å²) in [7, 11) is -4.10. The second kappa shape index (κ2) is 8.84. The summed E-state index contributed by atoms with van der Waals surface area (Å²) in [5.41, 5.74) is 2.09. The van der Waals surface area contributed by atoms with Crippen LogP contribution < -0.4 is 10.7 Å². The van der Waals surface area contributed by atoms with Gasteiger partial charge in [-0.2, -0.15) is 0 Å². The molecule has 0 radical (unpaired) electrons. The molecule has 0 aliphatic carbocycles. The van der Waals surface area contributed by atoms with Gasteiger partial charge >= 0.3 is 0 Å². The Morgan fingerprint density at radius 3 is 2.36 bits per heavy atom. The Labute approximate surface area is 196 Å². The Balaban J connectivity index is 1.82. The number of fused-ring (bicyclic) bond motifs is 1. The molecule has 0 aliphatic heterocycles. The number of aryl methyl sites for hydroxylation is 2. The molecule has 0 bridgehead atoms. The van der Waals surface area contributed by atoms with Crippen molar-refractivity contribution in [3.05, 3.63) is 99.3 Å². The van der Waals surface area contributed by atoms with Gasteiger partial charge in [0.15, 0.2) is 0 Å². The second-order valence-corrected chi connectivity index (χ2v) is 10.2. The SMILES string of the molecule is Cc1ccc(S(=O)(=O)c2cn(CC(=O)Nc3cccc(Cl)c3)c3ccc(C)cc3c2=O)cc1. The van der Waals surface area contributed by atoms with Gasteiger partial charge < -0.3 is 9.88 Å². The zero-order valence-corrected chi connectivity index (χ0v) is 19.6. The van der Waals surface area contributed by atoms with Crippen molar-refractivity contribution in [2.75, 3.05) is 5.32 Å². The minimum atomic E-state index is -4.10. The number of carbonyl (C=O) groups excluding carboxylic acids is 1. The topological polar surface area (TPSA) is 85.2 Å². The van der Waals surface area contributed by atoms with E-state index < -0.39 is 15.3 Å². The molecule has 1 aromatic heterocycles. The highest BCUT2D eigenvalue weighted by molar-refractivity contribution is 7.91. The summed E-state index contributed by atoms with van der Waals surface area (Å²) in [6.45, 7) is 3.47. The molecular weight excluding hydrogens is 460 g/mol. The quantitative estimate of drug-likeness (QED) is 0.447. The van der Waals surface area contributed by atoms with Gasteiger partial charge in [0.2, 0.25) is 21.2 Å². The maximum atomic E-state index is 13.3. The molecule has 0 fully saturated rings. The maximum absolute atomic E-state index is 13.3. The fourth-order valence-electron chi connectivity index (χ4n) is 3.57. The number of aromatic nitrogens is 1. The smallest absolute Gasteiger partial charge is 0.244 e. The third kappa shape index (κ3) is 4.69. The van der Waals surface area contributed by atoms with Gasteiger partial charge in [0.25, 0.3) is 0 Å². The van der Waals surface area contributed by atoms with Crippen LogP contribution in [0.15, 0.2) is 87.5 Å². The molecule has 0 unspecified atom stereocenters. The van der Waals surface area contributed by atoms with Gasteiger partial charge in [-0.1, -0.05) is 47.0 Å². The Hall–Kier alpha value is -3.42. The molecule has 1 heterocycles. The molecular formula is C25H21ClN2O4S. The van der Waals surface area contributed by atoms with Crippen molar-refractivity contribution in [1.29, 1.82) is 0 Å². The molecule has 8 heteroatoms. The highest BCUT2D eigenvalue weighted by atomic mass is 35.5. The number of amides is 1. The van der Waals surface area contributed by atoms with E-state index in [1.165, 1.54) is 22.9 Å². The predicted octanol–water partition coefficient (Wildman–Crippen LogP) is 4.74. The highest BCUT2D eigenvalue weighted by Gasteiger charge is 2.24. The third-order valence-electron chi connectivity index (χ3n) is 5.25. The van der Waals surface area contributed by atoms with Crippen LogP contribution in [-0.4, -0.2) is 18.9 Å². The number of halogens is 1. The molecule has 33 heavy (non-hydrogen) atoms. The first-order valence-corrected chi connectivity index (χ1v) is 12.0. The number of benzene rings is 3. The summed E-state index contributed by atoms with van der Waals surface area (Å²) in [6.07, 6.45) is 1.24. The molecule has 0 saturated heterocycles. The van der Waals surface area contributed by atoms with Crippen molar-refractivity contribution in [3.8, 4) is 0 Å². The van der Waals surface area contributed by atoms with Gasteiger partial charge in [-0.15, -0.1) is 0 Å². The summed E-state index contributed by atoms with van der Waals surface area (Å²) in [5.74, 6) is -0.388. The van der Waals surface area contributed by atoms with Crippen molar-refractivity contribution in [2.24, 2.45) is 0 Å². The Kier molecular flexibility index (Phi) is 6.10. The van der Waals surface area contributed by atoms with E-state index in [0.29, 0.717) is 16.2 Å². The molecule has 4 aromatic rings. The average Bonchev–Trinajstić information content (AvgIpc) is 2.76. The number of nitrogens with zero attached hydrogens (tertiary/aromatic N) is 1. The fraction of sp³-hybridized carbons (Fsp3) is 0.120. The molecule has 3 aromatic carbocycles. The van der Waals surface area contributed by atoms with E-state index in [1.807, 2.05) is 13.8 Å². The number of rotatable bonds is 5. The van der Waals surface area contributed by atoms with E-state index in [-0.39, 0.29) is 27.6 Å². The number of hydrogen-bond donors (Lipinski definition) is 1. The first kappa shape index (κ1) is 22.8. The summed E-state index contributed by atoms with van der Waals surface area (Å²) >= 11 is 5.98. The van der Waals surface area contributed by atoms with E-state index >= 15 is 0 Å². The van der Waals surface area contributed by atoms with Crippen LogP contribution in [0.3, 0.4) is 0 Å². The minimum Gasteiger partial charge on any atom is -0.336 e. The Morgan fingerprint density at radius 1 is 0.970 bits per heavy atom. The molecule has 0 spiro atoms. The van der Waals surface area contributed by atoms with Crippen molar-refractivity contribution in [2.45, 2.75) is 30.2 Å². The molecule has 0 saturated carbocycles. The average molecular weight is 481 g/mol. The van der Waals surface area contributed by atoms with Crippen molar-refractivity contribution < 1.29 is 13.2 Å². The van der Waals surface area contributed by atoms with Crippen LogP contribution in [-0.2, 0) is 21.2 Å². The standard InChI is InChI=1S/C25H21ClN2O4S/c1-16-6-9-20(10-7-16)33(31,32)23-14-28(22-11-8-17(2)12-21(22)25(23)30)15-24(29)27-19-5-3-4-18(26)13-19/h3-14H,15H2,1-2H3,(H,27,29). The molecule has 168 valence electrons. The van der Waals surface area contributed by atoms with Gasteiger partial charge in [0, 0.05) is 22.3 Å². The third-order valence-corrected chi connectivity index (χ3v) is 7.24. The number of carbonyl (C=O) groups is 1. The summed E-state index contributed by atoms with van der Waals surface area (Å²) in [5, 5.41) is 3.46. The monoisotopic (exact) mass is 480 g/mol. The van der Waals surface area contributed by atoms with Crippen LogP contribution in [0.4, 0.5) is 5.69 Å². The normalized spacial score (nSPS) is 11.5. The number of pyridine rings is 1. The van der Waals surface area contributed by atoms with Crippen LogP contribution in [0.25, 0.3) is 10.9 Å². The summed E-state index contributed by atoms with van der Waals surface area (Å²) in [4.78, 5) is 25.6. The van der Waals surface area contributed by atoms with Gasteiger partial charge in [0.05, 0.1) is 10.4 Å². The number of sulfone groups is 1. The molecule has 0 aliphatic rings. The van der Waals surface area contributed by atoms with Crippen LogP contribution in [0.1, 0.15) is 11.1 Å². The van der Waals surface area contributed by atoms with E-state index in [1.54, 1.807) is 54.6 Å². The van der Waals surface area contributed by atoms with Crippen LogP contribution in [0.2, 0.25) is 5.02 Å². The lowest BCUT2D eigenvalue weighted by Gasteiger charge is -2.15. The molecule has 4 rings (SSSR count). The predicted molar refractivity (Wildman–Crippen MR) is 130 cm³/mol.